The lowest BCUT2D eigenvalue weighted by atomic mass is 9.94. The minimum Gasteiger partial charge on any atom is -0.496 e. The van der Waals surface area contributed by atoms with Crippen LogP contribution in [0.2, 0.25) is 0 Å². The van der Waals surface area contributed by atoms with Crippen molar-refractivity contribution < 1.29 is 27.5 Å². The van der Waals surface area contributed by atoms with Gasteiger partial charge in [0.25, 0.3) is 0 Å². The summed E-state index contributed by atoms with van der Waals surface area (Å²) in [6.07, 6.45) is -7.10. The van der Waals surface area contributed by atoms with Crippen molar-refractivity contribution in [3.63, 3.8) is 0 Å². The molecule has 2 aromatic rings. The van der Waals surface area contributed by atoms with Gasteiger partial charge in [-0.05, 0) is 42.3 Å². The Labute approximate surface area is 178 Å². The number of benzene rings is 2. The highest BCUT2D eigenvalue weighted by atomic mass is 19.4. The highest BCUT2D eigenvalue weighted by Gasteiger charge is 2.45. The Bertz CT molecular complexity index is 981. The van der Waals surface area contributed by atoms with E-state index in [9.17, 15) is 18.0 Å². The molecule has 0 saturated carbocycles. The van der Waals surface area contributed by atoms with Gasteiger partial charge < -0.3 is 15.3 Å². The van der Waals surface area contributed by atoms with Gasteiger partial charge in [0.05, 0.1) is 19.0 Å². The van der Waals surface area contributed by atoms with Crippen LogP contribution < -0.4 is 21.3 Å². The summed E-state index contributed by atoms with van der Waals surface area (Å²) >= 11 is 0. The predicted octanol–water partition coefficient (Wildman–Crippen LogP) is 3.46. The standard InChI is InChI=1S/C21H25F3N4O3/c1-11(2)12-6-8-17(30-4)15(9-12)13-5-7-14-16(10-13)28(20(26)27(3)18(14)25)31-19(29)21(22,23)24/h5-11,18,20H,25-26H2,1-4H3. The number of anilines is 1. The molecule has 31 heavy (non-hydrogen) atoms. The van der Waals surface area contributed by atoms with E-state index in [-0.39, 0.29) is 11.6 Å². The highest BCUT2D eigenvalue weighted by Crippen LogP contribution is 2.40. The molecule has 4 N–H and O–H groups in total. The van der Waals surface area contributed by atoms with Gasteiger partial charge in [-0.1, -0.05) is 32.0 Å². The molecule has 10 heteroatoms. The van der Waals surface area contributed by atoms with Crippen molar-refractivity contribution in [2.45, 2.75) is 38.4 Å². The average molecular weight is 438 g/mol. The Morgan fingerprint density at radius 1 is 1.13 bits per heavy atom. The Balaban J connectivity index is 2.14. The van der Waals surface area contributed by atoms with Gasteiger partial charge in [0.15, 0.2) is 6.29 Å². The maximum Gasteiger partial charge on any atom is 0.493 e. The first-order chi connectivity index (χ1) is 14.5. The molecular weight excluding hydrogens is 413 g/mol. The number of ether oxygens (including phenoxy) is 1. The summed E-state index contributed by atoms with van der Waals surface area (Å²) in [7, 11) is 3.06. The Morgan fingerprint density at radius 3 is 2.39 bits per heavy atom. The third kappa shape index (κ3) is 4.32. The van der Waals surface area contributed by atoms with Gasteiger partial charge in [-0.3, -0.25) is 10.6 Å². The van der Waals surface area contributed by atoms with Gasteiger partial charge in [-0.2, -0.15) is 18.2 Å². The first kappa shape index (κ1) is 22.9. The summed E-state index contributed by atoms with van der Waals surface area (Å²) < 4.78 is 44.0. The van der Waals surface area contributed by atoms with E-state index >= 15 is 0 Å². The van der Waals surface area contributed by atoms with Gasteiger partial charge in [-0.15, -0.1) is 0 Å². The second-order valence-corrected chi connectivity index (χ2v) is 7.61. The number of alkyl halides is 3. The summed E-state index contributed by atoms with van der Waals surface area (Å²) in [5.41, 5.74) is 15.3. The van der Waals surface area contributed by atoms with Crippen molar-refractivity contribution >= 4 is 11.7 Å². The van der Waals surface area contributed by atoms with Crippen LogP contribution >= 0.6 is 0 Å². The van der Waals surface area contributed by atoms with Crippen LogP contribution in [0.5, 0.6) is 5.75 Å². The molecule has 0 spiro atoms. The van der Waals surface area contributed by atoms with Crippen molar-refractivity contribution in [2.24, 2.45) is 11.5 Å². The van der Waals surface area contributed by atoms with Crippen LogP contribution in [0.3, 0.4) is 0 Å². The number of halogens is 3. The Hall–Kier alpha value is -2.82. The summed E-state index contributed by atoms with van der Waals surface area (Å²) in [6, 6.07) is 10.8. The lowest BCUT2D eigenvalue weighted by Crippen LogP contribution is -2.60. The van der Waals surface area contributed by atoms with E-state index in [0.29, 0.717) is 16.9 Å². The monoisotopic (exact) mass is 438 g/mol. The van der Waals surface area contributed by atoms with Crippen molar-refractivity contribution in [2.75, 3.05) is 19.2 Å². The summed E-state index contributed by atoms with van der Waals surface area (Å²) in [4.78, 5) is 17.6. The van der Waals surface area contributed by atoms with Gasteiger partial charge >= 0.3 is 12.1 Å². The number of nitrogens with two attached hydrogens (primary N) is 2. The zero-order valence-electron chi connectivity index (χ0n) is 17.6. The average Bonchev–Trinajstić information content (AvgIpc) is 2.73. The minimum absolute atomic E-state index is 0.171. The normalized spacial score (nSPS) is 19.4. The molecule has 0 bridgehead atoms. The number of hydrogen-bond donors (Lipinski definition) is 2. The van der Waals surface area contributed by atoms with Gasteiger partial charge in [-0.25, -0.2) is 4.79 Å². The Morgan fingerprint density at radius 2 is 1.81 bits per heavy atom. The number of rotatable bonds is 4. The molecule has 0 radical (unpaired) electrons. The van der Waals surface area contributed by atoms with Crippen LogP contribution in [0.15, 0.2) is 36.4 Å². The zero-order valence-corrected chi connectivity index (χ0v) is 17.6. The smallest absolute Gasteiger partial charge is 0.493 e. The van der Waals surface area contributed by atoms with Crippen LogP contribution in [-0.4, -0.2) is 37.5 Å². The number of carbonyl (C=O) groups excluding carboxylic acids is 1. The molecule has 0 saturated heterocycles. The fraction of sp³-hybridized carbons (Fsp3) is 0.381. The van der Waals surface area contributed by atoms with E-state index < -0.39 is 24.6 Å². The molecule has 2 atom stereocenters. The predicted molar refractivity (Wildman–Crippen MR) is 110 cm³/mol. The van der Waals surface area contributed by atoms with Gasteiger partial charge in [0, 0.05) is 11.1 Å². The van der Waals surface area contributed by atoms with E-state index in [1.165, 1.54) is 19.1 Å². The van der Waals surface area contributed by atoms with E-state index in [2.05, 4.69) is 4.84 Å². The summed E-state index contributed by atoms with van der Waals surface area (Å²) in [6.45, 7) is 4.09. The number of fused-ring (bicyclic) bond motifs is 1. The van der Waals surface area contributed by atoms with Crippen molar-refractivity contribution in [1.82, 2.24) is 4.90 Å². The maximum atomic E-state index is 12.8. The number of carbonyl (C=O) groups is 1. The molecule has 1 heterocycles. The van der Waals surface area contributed by atoms with Crippen LogP contribution in [0.25, 0.3) is 11.1 Å². The largest absolute Gasteiger partial charge is 0.496 e. The van der Waals surface area contributed by atoms with Crippen molar-refractivity contribution in [3.8, 4) is 16.9 Å². The third-order valence-corrected chi connectivity index (χ3v) is 5.30. The summed E-state index contributed by atoms with van der Waals surface area (Å²) in [5, 5.41) is 0.733. The minimum atomic E-state index is -5.18. The number of methoxy groups -OCH3 is 1. The summed E-state index contributed by atoms with van der Waals surface area (Å²) in [5.74, 6) is -1.53. The maximum absolute atomic E-state index is 12.8. The topological polar surface area (TPSA) is 94.0 Å². The molecule has 7 nitrogen and oxygen atoms in total. The third-order valence-electron chi connectivity index (χ3n) is 5.30. The molecule has 0 fully saturated rings. The van der Waals surface area contributed by atoms with E-state index in [1.807, 2.05) is 32.0 Å². The molecule has 1 aliphatic rings. The van der Waals surface area contributed by atoms with Gasteiger partial charge in [0.2, 0.25) is 0 Å². The number of hydroxylamine groups is 1. The molecule has 0 aliphatic carbocycles. The van der Waals surface area contributed by atoms with Crippen LogP contribution in [0.4, 0.5) is 18.9 Å². The first-order valence-electron chi connectivity index (χ1n) is 9.59. The highest BCUT2D eigenvalue weighted by molar-refractivity contribution is 5.79. The second-order valence-electron chi connectivity index (χ2n) is 7.61. The Kier molecular flexibility index (Phi) is 6.17. The second kappa shape index (κ2) is 8.37. The number of hydrogen-bond acceptors (Lipinski definition) is 7. The van der Waals surface area contributed by atoms with Crippen molar-refractivity contribution in [3.05, 3.63) is 47.5 Å². The lowest BCUT2D eigenvalue weighted by molar-refractivity contribution is -0.204. The molecular formula is C21H25F3N4O3. The fourth-order valence-corrected chi connectivity index (χ4v) is 3.40. The quantitative estimate of drug-likeness (QED) is 0.755. The van der Waals surface area contributed by atoms with E-state index in [0.717, 1.165) is 16.2 Å². The SMILES string of the molecule is COc1ccc(C(C)C)cc1-c1ccc2c(c1)N(OC(=O)C(F)(F)F)C(N)N(C)C2N. The molecule has 2 aromatic carbocycles. The molecule has 3 rings (SSSR count). The number of nitrogens with zero attached hydrogens (tertiary/aromatic N) is 2. The lowest BCUT2D eigenvalue weighted by Gasteiger charge is -2.43. The van der Waals surface area contributed by atoms with Crippen LogP contribution in [-0.2, 0) is 9.63 Å². The van der Waals surface area contributed by atoms with E-state index in [1.54, 1.807) is 18.2 Å². The van der Waals surface area contributed by atoms with Gasteiger partial charge in [0.1, 0.15) is 5.75 Å². The van der Waals surface area contributed by atoms with Crippen molar-refractivity contribution in [1.29, 1.82) is 0 Å². The fourth-order valence-electron chi connectivity index (χ4n) is 3.40. The first-order valence-corrected chi connectivity index (χ1v) is 9.59. The molecule has 0 aromatic heterocycles. The van der Waals surface area contributed by atoms with Crippen LogP contribution in [0, 0.1) is 0 Å². The van der Waals surface area contributed by atoms with E-state index in [4.69, 9.17) is 16.2 Å². The molecule has 2 unspecified atom stereocenters. The molecule has 1 aliphatic heterocycles. The molecule has 168 valence electrons. The van der Waals surface area contributed by atoms with Crippen LogP contribution in [0.1, 0.15) is 37.1 Å². The zero-order chi connectivity index (χ0) is 23.1. The molecule has 0 amide bonds.